The molecule has 1 aliphatic carbocycles. The molecule has 2 aromatic rings. The third-order valence-electron chi connectivity index (χ3n) is 4.31. The van der Waals surface area contributed by atoms with Gasteiger partial charge in [0.05, 0.1) is 6.10 Å². The summed E-state index contributed by atoms with van der Waals surface area (Å²) in [5.41, 5.74) is 3.47. The Balaban J connectivity index is 1.80. The van der Waals surface area contributed by atoms with Crippen molar-refractivity contribution in [2.75, 3.05) is 11.9 Å². The van der Waals surface area contributed by atoms with Gasteiger partial charge in [-0.25, -0.2) is 9.97 Å². The van der Waals surface area contributed by atoms with Crippen LogP contribution >= 0.6 is 0 Å². The van der Waals surface area contributed by atoms with Crippen LogP contribution in [0.3, 0.4) is 0 Å². The van der Waals surface area contributed by atoms with Crippen LogP contribution in [-0.4, -0.2) is 33.2 Å². The van der Waals surface area contributed by atoms with Crippen molar-refractivity contribution in [3.05, 3.63) is 47.2 Å². The molecule has 1 saturated carbocycles. The van der Waals surface area contributed by atoms with Gasteiger partial charge in [-0.05, 0) is 43.9 Å². The fourth-order valence-electron chi connectivity index (χ4n) is 2.82. The summed E-state index contributed by atoms with van der Waals surface area (Å²) < 4.78 is 0. The van der Waals surface area contributed by atoms with Gasteiger partial charge in [-0.15, -0.1) is 0 Å². The SMILES string of the molecule is Cc1nc(C2CC(O)C2)cc(N(C)Cc2ccncc2C)n1. The Morgan fingerprint density at radius 1 is 1.27 bits per heavy atom. The van der Waals surface area contributed by atoms with Crippen molar-refractivity contribution in [3.8, 4) is 0 Å². The summed E-state index contributed by atoms with van der Waals surface area (Å²) in [4.78, 5) is 15.4. The molecule has 2 heterocycles. The van der Waals surface area contributed by atoms with Crippen LogP contribution in [0.2, 0.25) is 0 Å². The fourth-order valence-corrected chi connectivity index (χ4v) is 2.82. The van der Waals surface area contributed by atoms with Crippen molar-refractivity contribution in [1.82, 2.24) is 15.0 Å². The molecule has 0 amide bonds. The number of nitrogens with zero attached hydrogens (tertiary/aromatic N) is 4. The zero-order valence-corrected chi connectivity index (χ0v) is 13.3. The predicted octanol–water partition coefficient (Wildman–Crippen LogP) is 2.36. The van der Waals surface area contributed by atoms with Gasteiger partial charge < -0.3 is 10.0 Å². The largest absolute Gasteiger partial charge is 0.393 e. The molecule has 0 unspecified atom stereocenters. The lowest BCUT2D eigenvalue weighted by Crippen LogP contribution is -2.28. The van der Waals surface area contributed by atoms with Gasteiger partial charge in [0.25, 0.3) is 0 Å². The Bertz CT molecular complexity index is 667. The van der Waals surface area contributed by atoms with E-state index in [2.05, 4.69) is 32.8 Å². The standard InChI is InChI=1S/C17H22N4O/c1-11-9-18-5-4-13(11)10-21(3)17-8-16(19-12(2)20-17)14-6-15(22)7-14/h4-5,8-9,14-15,22H,6-7,10H2,1-3H3. The Kier molecular flexibility index (Phi) is 4.07. The minimum atomic E-state index is -0.166. The Labute approximate surface area is 131 Å². The molecule has 5 nitrogen and oxygen atoms in total. The lowest BCUT2D eigenvalue weighted by molar-refractivity contribution is 0.0731. The first-order valence-corrected chi connectivity index (χ1v) is 7.67. The normalized spacial score (nSPS) is 20.5. The average molecular weight is 298 g/mol. The second-order valence-electron chi connectivity index (χ2n) is 6.18. The number of pyridine rings is 1. The first-order valence-electron chi connectivity index (χ1n) is 7.67. The highest BCUT2D eigenvalue weighted by Crippen LogP contribution is 2.36. The van der Waals surface area contributed by atoms with Crippen molar-refractivity contribution in [3.63, 3.8) is 0 Å². The minimum absolute atomic E-state index is 0.166. The molecule has 1 N–H and O–H groups in total. The summed E-state index contributed by atoms with van der Waals surface area (Å²) in [6.45, 7) is 4.79. The van der Waals surface area contributed by atoms with Crippen molar-refractivity contribution in [2.24, 2.45) is 0 Å². The average Bonchev–Trinajstić information content (AvgIpc) is 2.45. The smallest absolute Gasteiger partial charge is 0.132 e. The Morgan fingerprint density at radius 2 is 2.05 bits per heavy atom. The molecule has 0 spiro atoms. The van der Waals surface area contributed by atoms with Gasteiger partial charge in [-0.2, -0.15) is 0 Å². The summed E-state index contributed by atoms with van der Waals surface area (Å²) in [5, 5.41) is 9.49. The molecule has 0 radical (unpaired) electrons. The lowest BCUT2D eigenvalue weighted by atomic mass is 9.80. The highest BCUT2D eigenvalue weighted by Gasteiger charge is 2.30. The lowest BCUT2D eigenvalue weighted by Gasteiger charge is -2.31. The third-order valence-corrected chi connectivity index (χ3v) is 4.31. The molecule has 1 aliphatic rings. The zero-order valence-electron chi connectivity index (χ0n) is 13.3. The second kappa shape index (κ2) is 6.01. The van der Waals surface area contributed by atoms with Gasteiger partial charge in [0, 0.05) is 43.7 Å². The molecule has 0 saturated heterocycles. The maximum atomic E-state index is 9.49. The molecular formula is C17H22N4O. The first kappa shape index (κ1) is 14.9. The second-order valence-corrected chi connectivity index (χ2v) is 6.18. The van der Waals surface area contributed by atoms with Crippen LogP contribution in [0, 0.1) is 13.8 Å². The van der Waals surface area contributed by atoms with Crippen LogP contribution in [-0.2, 0) is 6.54 Å². The number of anilines is 1. The molecule has 0 aromatic carbocycles. The molecular weight excluding hydrogens is 276 g/mol. The van der Waals surface area contributed by atoms with E-state index in [-0.39, 0.29) is 6.10 Å². The van der Waals surface area contributed by atoms with E-state index >= 15 is 0 Å². The number of aryl methyl sites for hydroxylation is 2. The monoisotopic (exact) mass is 298 g/mol. The van der Waals surface area contributed by atoms with Crippen LogP contribution < -0.4 is 4.90 Å². The summed E-state index contributed by atoms with van der Waals surface area (Å²) in [7, 11) is 2.04. The third kappa shape index (κ3) is 3.09. The van der Waals surface area contributed by atoms with Gasteiger partial charge in [0.15, 0.2) is 0 Å². The summed E-state index contributed by atoms with van der Waals surface area (Å²) in [6.07, 6.45) is 5.16. The van der Waals surface area contributed by atoms with Crippen molar-refractivity contribution < 1.29 is 5.11 Å². The van der Waals surface area contributed by atoms with E-state index in [1.165, 1.54) is 11.1 Å². The number of hydrogen-bond acceptors (Lipinski definition) is 5. The van der Waals surface area contributed by atoms with Gasteiger partial charge in [0.2, 0.25) is 0 Å². The van der Waals surface area contributed by atoms with Crippen LogP contribution in [0.15, 0.2) is 24.5 Å². The van der Waals surface area contributed by atoms with Crippen LogP contribution in [0.25, 0.3) is 0 Å². The maximum Gasteiger partial charge on any atom is 0.132 e. The van der Waals surface area contributed by atoms with Crippen LogP contribution in [0.4, 0.5) is 5.82 Å². The molecule has 116 valence electrons. The molecule has 1 fully saturated rings. The van der Waals surface area contributed by atoms with Gasteiger partial charge in [-0.3, -0.25) is 4.98 Å². The molecule has 0 atom stereocenters. The molecule has 0 bridgehead atoms. The van der Waals surface area contributed by atoms with Gasteiger partial charge in [0.1, 0.15) is 11.6 Å². The van der Waals surface area contributed by atoms with Crippen molar-refractivity contribution >= 4 is 5.82 Å². The number of aliphatic hydroxyl groups is 1. The summed E-state index contributed by atoms with van der Waals surface area (Å²) >= 11 is 0. The predicted molar refractivity (Wildman–Crippen MR) is 85.8 cm³/mol. The van der Waals surface area contributed by atoms with E-state index in [1.54, 1.807) is 0 Å². The van der Waals surface area contributed by atoms with E-state index in [0.29, 0.717) is 5.92 Å². The molecule has 5 heteroatoms. The Hall–Kier alpha value is -2.01. The van der Waals surface area contributed by atoms with Crippen LogP contribution in [0.1, 0.15) is 41.4 Å². The quantitative estimate of drug-likeness (QED) is 0.939. The van der Waals surface area contributed by atoms with E-state index in [1.807, 2.05) is 32.4 Å². The Morgan fingerprint density at radius 3 is 2.73 bits per heavy atom. The van der Waals surface area contributed by atoms with E-state index in [9.17, 15) is 5.11 Å². The van der Waals surface area contributed by atoms with E-state index in [4.69, 9.17) is 0 Å². The number of rotatable bonds is 4. The van der Waals surface area contributed by atoms with Gasteiger partial charge >= 0.3 is 0 Å². The maximum absolute atomic E-state index is 9.49. The molecule has 3 rings (SSSR count). The fraction of sp³-hybridized carbons (Fsp3) is 0.471. The highest BCUT2D eigenvalue weighted by atomic mass is 16.3. The zero-order chi connectivity index (χ0) is 15.7. The summed E-state index contributed by atoms with van der Waals surface area (Å²) in [6, 6.07) is 4.10. The van der Waals surface area contributed by atoms with E-state index in [0.717, 1.165) is 36.7 Å². The summed E-state index contributed by atoms with van der Waals surface area (Å²) in [5.74, 6) is 2.08. The molecule has 2 aromatic heterocycles. The number of aromatic nitrogens is 3. The topological polar surface area (TPSA) is 62.1 Å². The van der Waals surface area contributed by atoms with Crippen molar-refractivity contribution in [1.29, 1.82) is 0 Å². The minimum Gasteiger partial charge on any atom is -0.393 e. The van der Waals surface area contributed by atoms with E-state index < -0.39 is 0 Å². The van der Waals surface area contributed by atoms with Crippen LogP contribution in [0.5, 0.6) is 0 Å². The van der Waals surface area contributed by atoms with Crippen molar-refractivity contribution in [2.45, 2.75) is 45.3 Å². The highest BCUT2D eigenvalue weighted by molar-refractivity contribution is 5.42. The number of aliphatic hydroxyl groups excluding tert-OH is 1. The molecule has 0 aliphatic heterocycles. The number of hydrogen-bond donors (Lipinski definition) is 1. The van der Waals surface area contributed by atoms with Gasteiger partial charge in [-0.1, -0.05) is 0 Å². The molecule has 22 heavy (non-hydrogen) atoms. The first-order chi connectivity index (χ1) is 10.5.